The SMILES string of the molecule is CCN(CC)c1ccc(C=Nc2ccc(O)cc2C)c(O)c1. The summed E-state index contributed by atoms with van der Waals surface area (Å²) in [7, 11) is 0. The Bertz CT molecular complexity index is 677. The lowest BCUT2D eigenvalue weighted by Gasteiger charge is -2.21. The fraction of sp³-hybridized carbons (Fsp3) is 0.278. The van der Waals surface area contributed by atoms with Crippen LogP contribution in [0.3, 0.4) is 0 Å². The topological polar surface area (TPSA) is 56.1 Å². The Morgan fingerprint density at radius 2 is 1.77 bits per heavy atom. The fourth-order valence-corrected chi connectivity index (χ4v) is 2.35. The zero-order valence-corrected chi connectivity index (χ0v) is 13.2. The third kappa shape index (κ3) is 3.58. The van der Waals surface area contributed by atoms with E-state index in [1.165, 1.54) is 0 Å². The highest BCUT2D eigenvalue weighted by Gasteiger charge is 2.05. The van der Waals surface area contributed by atoms with Crippen molar-refractivity contribution >= 4 is 17.6 Å². The van der Waals surface area contributed by atoms with E-state index in [-0.39, 0.29) is 11.5 Å². The maximum Gasteiger partial charge on any atom is 0.126 e. The van der Waals surface area contributed by atoms with Crippen LogP contribution >= 0.6 is 0 Å². The molecule has 2 aromatic carbocycles. The Morgan fingerprint density at radius 3 is 2.36 bits per heavy atom. The number of benzene rings is 2. The zero-order chi connectivity index (χ0) is 16.1. The third-order valence-electron chi connectivity index (χ3n) is 3.67. The quantitative estimate of drug-likeness (QED) is 0.820. The van der Waals surface area contributed by atoms with Crippen molar-refractivity contribution in [1.29, 1.82) is 0 Å². The van der Waals surface area contributed by atoms with Crippen molar-refractivity contribution in [2.45, 2.75) is 20.8 Å². The van der Waals surface area contributed by atoms with Gasteiger partial charge in [-0.1, -0.05) is 0 Å². The van der Waals surface area contributed by atoms with Crippen LogP contribution in [0.1, 0.15) is 25.0 Å². The van der Waals surface area contributed by atoms with Gasteiger partial charge in [-0.3, -0.25) is 4.99 Å². The highest BCUT2D eigenvalue weighted by Crippen LogP contribution is 2.26. The van der Waals surface area contributed by atoms with Crippen molar-refractivity contribution in [2.75, 3.05) is 18.0 Å². The maximum atomic E-state index is 10.2. The molecule has 0 unspecified atom stereocenters. The number of nitrogens with zero attached hydrogens (tertiary/aromatic N) is 2. The van der Waals surface area contributed by atoms with Crippen molar-refractivity contribution in [3.63, 3.8) is 0 Å². The molecule has 0 aliphatic carbocycles. The Labute approximate surface area is 131 Å². The first-order valence-corrected chi connectivity index (χ1v) is 7.46. The van der Waals surface area contributed by atoms with E-state index in [0.29, 0.717) is 5.56 Å². The van der Waals surface area contributed by atoms with E-state index >= 15 is 0 Å². The van der Waals surface area contributed by atoms with Crippen molar-refractivity contribution < 1.29 is 10.2 Å². The largest absolute Gasteiger partial charge is 0.508 e. The Hall–Kier alpha value is -2.49. The van der Waals surface area contributed by atoms with Gasteiger partial charge in [-0.05, 0) is 56.7 Å². The van der Waals surface area contributed by atoms with Crippen LogP contribution in [0.5, 0.6) is 11.5 Å². The number of phenolic OH excluding ortho intramolecular Hbond substituents is 2. The highest BCUT2D eigenvalue weighted by atomic mass is 16.3. The van der Waals surface area contributed by atoms with Crippen LogP contribution in [-0.2, 0) is 0 Å². The third-order valence-corrected chi connectivity index (χ3v) is 3.67. The number of hydrogen-bond acceptors (Lipinski definition) is 4. The molecular weight excluding hydrogens is 276 g/mol. The van der Waals surface area contributed by atoms with Crippen LogP contribution in [-0.4, -0.2) is 29.5 Å². The van der Waals surface area contributed by atoms with Crippen molar-refractivity contribution in [3.05, 3.63) is 47.5 Å². The minimum Gasteiger partial charge on any atom is -0.508 e. The molecule has 0 amide bonds. The van der Waals surface area contributed by atoms with Gasteiger partial charge in [-0.25, -0.2) is 0 Å². The Morgan fingerprint density at radius 1 is 1.05 bits per heavy atom. The molecule has 0 aromatic heterocycles. The smallest absolute Gasteiger partial charge is 0.126 e. The lowest BCUT2D eigenvalue weighted by Crippen LogP contribution is -2.21. The first-order valence-electron chi connectivity index (χ1n) is 7.46. The molecule has 116 valence electrons. The molecule has 0 aliphatic heterocycles. The van der Waals surface area contributed by atoms with Gasteiger partial charge in [0.05, 0.1) is 5.69 Å². The van der Waals surface area contributed by atoms with E-state index in [1.54, 1.807) is 30.5 Å². The number of phenols is 2. The van der Waals surface area contributed by atoms with E-state index in [2.05, 4.69) is 23.7 Å². The second-order valence-electron chi connectivity index (χ2n) is 5.14. The number of rotatable bonds is 5. The fourth-order valence-electron chi connectivity index (χ4n) is 2.35. The molecule has 0 spiro atoms. The summed E-state index contributed by atoms with van der Waals surface area (Å²) in [6, 6.07) is 10.6. The van der Waals surface area contributed by atoms with E-state index in [9.17, 15) is 10.2 Å². The van der Waals surface area contributed by atoms with Crippen molar-refractivity contribution in [1.82, 2.24) is 0 Å². The molecule has 0 heterocycles. The predicted molar refractivity (Wildman–Crippen MR) is 91.8 cm³/mol. The van der Waals surface area contributed by atoms with Gasteiger partial charge in [-0.15, -0.1) is 0 Å². The molecule has 0 saturated carbocycles. The minimum absolute atomic E-state index is 0.213. The van der Waals surface area contributed by atoms with Gasteiger partial charge in [0.25, 0.3) is 0 Å². The van der Waals surface area contributed by atoms with E-state index in [0.717, 1.165) is 30.0 Å². The average Bonchev–Trinajstić information content (AvgIpc) is 2.49. The molecule has 2 N–H and O–H groups in total. The number of anilines is 1. The number of aryl methyl sites for hydroxylation is 1. The van der Waals surface area contributed by atoms with E-state index in [4.69, 9.17) is 0 Å². The van der Waals surface area contributed by atoms with Crippen LogP contribution in [0, 0.1) is 6.92 Å². The molecule has 0 saturated heterocycles. The van der Waals surface area contributed by atoms with Crippen LogP contribution in [0.2, 0.25) is 0 Å². The van der Waals surface area contributed by atoms with Crippen LogP contribution in [0.25, 0.3) is 0 Å². The molecule has 4 heteroatoms. The van der Waals surface area contributed by atoms with E-state index < -0.39 is 0 Å². The molecule has 0 bridgehead atoms. The highest BCUT2D eigenvalue weighted by molar-refractivity contribution is 5.86. The van der Waals surface area contributed by atoms with Gasteiger partial charge >= 0.3 is 0 Å². The summed E-state index contributed by atoms with van der Waals surface area (Å²) in [6.45, 7) is 7.86. The van der Waals surface area contributed by atoms with Crippen molar-refractivity contribution in [2.24, 2.45) is 4.99 Å². The summed E-state index contributed by atoms with van der Waals surface area (Å²) >= 11 is 0. The summed E-state index contributed by atoms with van der Waals surface area (Å²) in [5.41, 5.74) is 3.32. The van der Waals surface area contributed by atoms with Crippen LogP contribution in [0.4, 0.5) is 11.4 Å². The van der Waals surface area contributed by atoms with Gasteiger partial charge < -0.3 is 15.1 Å². The lowest BCUT2D eigenvalue weighted by atomic mass is 10.1. The summed E-state index contributed by atoms with van der Waals surface area (Å²) in [5, 5.41) is 19.6. The average molecular weight is 298 g/mol. The van der Waals surface area contributed by atoms with Gasteiger partial charge in [0.2, 0.25) is 0 Å². The summed E-state index contributed by atoms with van der Waals surface area (Å²) in [4.78, 5) is 6.55. The number of aromatic hydroxyl groups is 2. The standard InChI is InChI=1S/C18H22N2O2/c1-4-20(5-2)15-7-6-14(18(22)11-15)12-19-17-9-8-16(21)10-13(17)3/h6-12,21-22H,4-5H2,1-3H3. The van der Waals surface area contributed by atoms with Crippen LogP contribution in [0.15, 0.2) is 41.4 Å². The first-order chi connectivity index (χ1) is 10.5. The van der Waals surface area contributed by atoms with Crippen LogP contribution < -0.4 is 4.90 Å². The Balaban J connectivity index is 2.24. The molecule has 0 aliphatic rings. The minimum atomic E-state index is 0.213. The zero-order valence-electron chi connectivity index (χ0n) is 13.2. The molecule has 2 aromatic rings. The van der Waals surface area contributed by atoms with Gasteiger partial charge in [-0.2, -0.15) is 0 Å². The molecule has 4 nitrogen and oxygen atoms in total. The predicted octanol–water partition coefficient (Wildman–Crippen LogP) is 4.00. The number of hydrogen-bond donors (Lipinski definition) is 2. The normalized spacial score (nSPS) is 11.0. The summed E-state index contributed by atoms with van der Waals surface area (Å²) in [6.07, 6.45) is 1.64. The molecule has 0 radical (unpaired) electrons. The van der Waals surface area contributed by atoms with Gasteiger partial charge in [0.15, 0.2) is 0 Å². The van der Waals surface area contributed by atoms with E-state index in [1.807, 2.05) is 19.1 Å². The molecule has 2 rings (SSSR count). The second-order valence-corrected chi connectivity index (χ2v) is 5.14. The monoisotopic (exact) mass is 298 g/mol. The molecule has 22 heavy (non-hydrogen) atoms. The lowest BCUT2D eigenvalue weighted by molar-refractivity contribution is 0.474. The number of aliphatic imine (C=N–C) groups is 1. The molecular formula is C18H22N2O2. The second kappa shape index (κ2) is 6.98. The summed E-state index contributed by atoms with van der Waals surface area (Å²) in [5.74, 6) is 0.437. The molecule has 0 fully saturated rings. The van der Waals surface area contributed by atoms with Gasteiger partial charge in [0, 0.05) is 36.6 Å². The summed E-state index contributed by atoms with van der Waals surface area (Å²) < 4.78 is 0. The van der Waals surface area contributed by atoms with Crippen molar-refractivity contribution in [3.8, 4) is 11.5 Å². The Kier molecular flexibility index (Phi) is 5.04. The maximum absolute atomic E-state index is 10.2. The van der Waals surface area contributed by atoms with Gasteiger partial charge in [0.1, 0.15) is 11.5 Å². The molecule has 0 atom stereocenters. The first kappa shape index (κ1) is 15.9.